The van der Waals surface area contributed by atoms with Gasteiger partial charge in [-0.1, -0.05) is 0 Å². The third-order valence-electron chi connectivity index (χ3n) is 3.05. The monoisotopic (exact) mass is 239 g/mol. The van der Waals surface area contributed by atoms with Gasteiger partial charge in [-0.3, -0.25) is 4.79 Å². The highest BCUT2D eigenvalue weighted by Gasteiger charge is 2.45. The number of carbonyl (C=O) groups excluding carboxylic acids is 1. The molecule has 1 aromatic rings. The van der Waals surface area contributed by atoms with Gasteiger partial charge >= 0.3 is 0 Å². The van der Waals surface area contributed by atoms with Crippen LogP contribution in [-0.4, -0.2) is 36.1 Å². The first kappa shape index (κ1) is 11.6. The number of aliphatic hydroxyl groups excluding tert-OH is 1. The molecule has 2 unspecified atom stereocenters. The zero-order chi connectivity index (χ0) is 11.7. The van der Waals surface area contributed by atoms with E-state index >= 15 is 0 Å². The van der Waals surface area contributed by atoms with Crippen molar-refractivity contribution in [2.75, 3.05) is 20.2 Å². The Morgan fingerprint density at radius 1 is 1.62 bits per heavy atom. The van der Waals surface area contributed by atoms with E-state index in [1.807, 2.05) is 0 Å². The maximum Gasteiger partial charge on any atom is 0.226 e. The van der Waals surface area contributed by atoms with Crippen LogP contribution in [0, 0.1) is 12.8 Å². The van der Waals surface area contributed by atoms with Crippen molar-refractivity contribution in [1.29, 1.82) is 0 Å². The summed E-state index contributed by atoms with van der Waals surface area (Å²) in [5.41, 5.74) is 0. The molecule has 0 radical (unpaired) electrons. The Balaban J connectivity index is 1.93. The van der Waals surface area contributed by atoms with Crippen molar-refractivity contribution in [1.82, 2.24) is 4.90 Å². The molecule has 1 saturated carbocycles. The average Bonchev–Trinajstić information content (AvgIpc) is 2.94. The molecule has 0 aromatic carbocycles. The van der Waals surface area contributed by atoms with Crippen molar-refractivity contribution in [3.8, 4) is 0 Å². The molecule has 1 N–H and O–H groups in total. The molecule has 0 saturated heterocycles. The normalized spacial score (nSPS) is 23.2. The number of carbonyl (C=O) groups is 1. The van der Waals surface area contributed by atoms with Gasteiger partial charge in [-0.05, 0) is 25.5 Å². The molecular formula is C12H17NO2S. The van der Waals surface area contributed by atoms with E-state index in [1.165, 1.54) is 9.75 Å². The Kier molecular flexibility index (Phi) is 3.30. The number of amides is 1. The second kappa shape index (κ2) is 4.55. The molecular weight excluding hydrogens is 222 g/mol. The van der Waals surface area contributed by atoms with Crippen LogP contribution >= 0.6 is 11.3 Å². The fraction of sp³-hybridized carbons (Fsp3) is 0.583. The number of hydrogen-bond acceptors (Lipinski definition) is 3. The molecule has 88 valence electrons. The fourth-order valence-corrected chi connectivity index (χ4v) is 3.03. The molecule has 2 rings (SSSR count). The van der Waals surface area contributed by atoms with Gasteiger partial charge in [0.25, 0.3) is 0 Å². The third kappa shape index (κ3) is 2.28. The molecule has 2 atom stereocenters. The number of hydrogen-bond donors (Lipinski definition) is 1. The van der Waals surface area contributed by atoms with Crippen LogP contribution in [0.3, 0.4) is 0 Å². The number of thiophene rings is 1. The lowest BCUT2D eigenvalue weighted by Gasteiger charge is -2.15. The van der Waals surface area contributed by atoms with Crippen LogP contribution in [0.1, 0.15) is 22.1 Å². The highest BCUT2D eigenvalue weighted by molar-refractivity contribution is 7.12. The molecule has 1 aliphatic carbocycles. The minimum Gasteiger partial charge on any atom is -0.395 e. The van der Waals surface area contributed by atoms with Crippen molar-refractivity contribution in [2.24, 2.45) is 5.92 Å². The maximum absolute atomic E-state index is 11.9. The average molecular weight is 239 g/mol. The topological polar surface area (TPSA) is 40.5 Å². The summed E-state index contributed by atoms with van der Waals surface area (Å²) in [5, 5.41) is 8.78. The molecule has 1 amide bonds. The second-order valence-corrected chi connectivity index (χ2v) is 5.70. The SMILES string of the molecule is Cc1ccc(C2CC2C(=O)N(C)CCO)s1. The standard InChI is InChI=1S/C12H17NO2S/c1-8-3-4-11(16-8)9-7-10(9)12(15)13(2)5-6-14/h3-4,9-10,14H,5-7H2,1-2H3. The lowest BCUT2D eigenvalue weighted by atomic mass is 10.2. The van der Waals surface area contributed by atoms with Crippen molar-refractivity contribution < 1.29 is 9.90 Å². The van der Waals surface area contributed by atoms with Crippen LogP contribution in [-0.2, 0) is 4.79 Å². The Hall–Kier alpha value is -0.870. The van der Waals surface area contributed by atoms with Crippen molar-refractivity contribution in [3.05, 3.63) is 21.9 Å². The van der Waals surface area contributed by atoms with E-state index in [0.717, 1.165) is 6.42 Å². The molecule has 0 spiro atoms. The molecule has 1 heterocycles. The highest BCUT2D eigenvalue weighted by Crippen LogP contribution is 2.50. The van der Waals surface area contributed by atoms with Gasteiger partial charge in [-0.2, -0.15) is 0 Å². The Bertz CT molecular complexity index is 388. The smallest absolute Gasteiger partial charge is 0.226 e. The predicted octanol–water partition coefficient (Wildman–Crippen LogP) is 1.61. The first-order chi connectivity index (χ1) is 7.63. The summed E-state index contributed by atoms with van der Waals surface area (Å²) in [6.07, 6.45) is 0.967. The minimum atomic E-state index is 0.0394. The lowest BCUT2D eigenvalue weighted by Crippen LogP contribution is -2.31. The largest absolute Gasteiger partial charge is 0.395 e. The summed E-state index contributed by atoms with van der Waals surface area (Å²) >= 11 is 1.78. The van der Waals surface area contributed by atoms with Crippen molar-refractivity contribution >= 4 is 17.2 Å². The van der Waals surface area contributed by atoms with Gasteiger partial charge < -0.3 is 10.0 Å². The third-order valence-corrected chi connectivity index (χ3v) is 4.18. The Morgan fingerprint density at radius 2 is 2.38 bits per heavy atom. The summed E-state index contributed by atoms with van der Waals surface area (Å²) in [6.45, 7) is 2.56. The zero-order valence-electron chi connectivity index (χ0n) is 9.64. The van der Waals surface area contributed by atoms with Gasteiger partial charge in [0, 0.05) is 35.2 Å². The molecule has 0 aliphatic heterocycles. The van der Waals surface area contributed by atoms with E-state index in [2.05, 4.69) is 19.1 Å². The molecule has 1 aliphatic rings. The Labute approximate surface area is 99.7 Å². The first-order valence-electron chi connectivity index (χ1n) is 5.55. The number of nitrogens with zero attached hydrogens (tertiary/aromatic N) is 1. The second-order valence-electron chi connectivity index (χ2n) is 4.38. The first-order valence-corrected chi connectivity index (χ1v) is 6.37. The zero-order valence-corrected chi connectivity index (χ0v) is 10.5. The van der Waals surface area contributed by atoms with E-state index < -0.39 is 0 Å². The van der Waals surface area contributed by atoms with E-state index in [0.29, 0.717) is 12.5 Å². The lowest BCUT2D eigenvalue weighted by molar-refractivity contribution is -0.131. The highest BCUT2D eigenvalue weighted by atomic mass is 32.1. The molecule has 1 aromatic heterocycles. The number of rotatable bonds is 4. The van der Waals surface area contributed by atoms with Crippen LogP contribution in [0.15, 0.2) is 12.1 Å². The van der Waals surface area contributed by atoms with Crippen LogP contribution in [0.5, 0.6) is 0 Å². The molecule has 16 heavy (non-hydrogen) atoms. The number of aliphatic hydroxyl groups is 1. The van der Waals surface area contributed by atoms with Crippen LogP contribution in [0.2, 0.25) is 0 Å². The molecule has 0 bridgehead atoms. The van der Waals surface area contributed by atoms with E-state index in [4.69, 9.17) is 5.11 Å². The summed E-state index contributed by atoms with van der Waals surface area (Å²) in [5.74, 6) is 0.743. The molecule has 3 nitrogen and oxygen atoms in total. The van der Waals surface area contributed by atoms with Gasteiger partial charge in [0.05, 0.1) is 6.61 Å². The van der Waals surface area contributed by atoms with Gasteiger partial charge in [0.2, 0.25) is 5.91 Å². The number of likely N-dealkylation sites (N-methyl/N-ethyl adjacent to an activating group) is 1. The summed E-state index contributed by atoms with van der Waals surface area (Å²) in [4.78, 5) is 16.2. The number of aryl methyl sites for hydroxylation is 1. The van der Waals surface area contributed by atoms with E-state index in [1.54, 1.807) is 23.3 Å². The van der Waals surface area contributed by atoms with Gasteiger partial charge in [0.15, 0.2) is 0 Å². The van der Waals surface area contributed by atoms with E-state index in [-0.39, 0.29) is 18.4 Å². The van der Waals surface area contributed by atoms with E-state index in [9.17, 15) is 4.79 Å². The summed E-state index contributed by atoms with van der Waals surface area (Å²) < 4.78 is 0. The van der Waals surface area contributed by atoms with Gasteiger partial charge in [0.1, 0.15) is 0 Å². The summed E-state index contributed by atoms with van der Waals surface area (Å²) in [6, 6.07) is 4.24. The minimum absolute atomic E-state index is 0.0394. The fourth-order valence-electron chi connectivity index (χ4n) is 1.98. The Morgan fingerprint density at radius 3 is 2.94 bits per heavy atom. The van der Waals surface area contributed by atoms with Crippen LogP contribution in [0.25, 0.3) is 0 Å². The van der Waals surface area contributed by atoms with Crippen LogP contribution < -0.4 is 0 Å². The maximum atomic E-state index is 11.9. The quantitative estimate of drug-likeness (QED) is 0.867. The summed E-state index contributed by atoms with van der Waals surface area (Å²) in [7, 11) is 1.76. The van der Waals surface area contributed by atoms with Gasteiger partial charge in [-0.15, -0.1) is 11.3 Å². The molecule has 4 heteroatoms. The van der Waals surface area contributed by atoms with Crippen LogP contribution in [0.4, 0.5) is 0 Å². The predicted molar refractivity (Wildman–Crippen MR) is 64.6 cm³/mol. The van der Waals surface area contributed by atoms with Crippen molar-refractivity contribution in [3.63, 3.8) is 0 Å². The molecule has 1 fully saturated rings. The van der Waals surface area contributed by atoms with Crippen molar-refractivity contribution in [2.45, 2.75) is 19.3 Å². The van der Waals surface area contributed by atoms with Gasteiger partial charge in [-0.25, -0.2) is 0 Å².